The van der Waals surface area contributed by atoms with Gasteiger partial charge in [-0.2, -0.15) is 0 Å². The van der Waals surface area contributed by atoms with Crippen molar-refractivity contribution in [1.82, 2.24) is 0 Å². The Kier molecular flexibility index (Phi) is 7.57. The summed E-state index contributed by atoms with van der Waals surface area (Å²) in [5.41, 5.74) is 4.03. The van der Waals surface area contributed by atoms with E-state index < -0.39 is 0 Å². The first-order valence-electron chi connectivity index (χ1n) is 10.4. The highest BCUT2D eigenvalue weighted by molar-refractivity contribution is 5.76. The SMILES string of the molecule is OCCCCCCCCCCCCc1c(-c2ccccc2)ccc2c1O2. The summed E-state index contributed by atoms with van der Waals surface area (Å²) in [6.07, 6.45) is 13.8. The number of fused-ring (bicyclic) bond motifs is 1. The van der Waals surface area contributed by atoms with Crippen molar-refractivity contribution in [2.24, 2.45) is 0 Å². The van der Waals surface area contributed by atoms with Gasteiger partial charge in [-0.1, -0.05) is 87.8 Å². The summed E-state index contributed by atoms with van der Waals surface area (Å²) in [4.78, 5) is 0. The van der Waals surface area contributed by atoms with Gasteiger partial charge in [-0.05, 0) is 36.5 Å². The molecule has 0 bridgehead atoms. The van der Waals surface area contributed by atoms with Gasteiger partial charge in [0, 0.05) is 12.2 Å². The zero-order valence-electron chi connectivity index (χ0n) is 15.9. The second-order valence-electron chi connectivity index (χ2n) is 7.40. The van der Waals surface area contributed by atoms with Gasteiger partial charge in [-0.25, -0.2) is 0 Å². The third-order valence-electron chi connectivity index (χ3n) is 5.31. The largest absolute Gasteiger partial charge is 0.449 e. The second-order valence-corrected chi connectivity index (χ2v) is 7.40. The van der Waals surface area contributed by atoms with Gasteiger partial charge in [0.25, 0.3) is 0 Å². The summed E-state index contributed by atoms with van der Waals surface area (Å²) in [6, 6.07) is 15.0. The van der Waals surface area contributed by atoms with Crippen molar-refractivity contribution in [3.05, 3.63) is 48.0 Å². The lowest BCUT2D eigenvalue weighted by Gasteiger charge is -2.08. The van der Waals surface area contributed by atoms with Crippen LogP contribution in [0.25, 0.3) is 11.1 Å². The molecule has 0 atom stereocenters. The number of rotatable bonds is 13. The van der Waals surface area contributed by atoms with Crippen LogP contribution in [-0.2, 0) is 6.42 Å². The molecule has 0 saturated heterocycles. The number of benzene rings is 2. The van der Waals surface area contributed by atoms with E-state index in [0.29, 0.717) is 6.61 Å². The zero-order valence-corrected chi connectivity index (χ0v) is 15.9. The van der Waals surface area contributed by atoms with E-state index in [0.717, 1.165) is 24.3 Å². The highest BCUT2D eigenvalue weighted by Crippen LogP contribution is 2.51. The quantitative estimate of drug-likeness (QED) is 0.268. The molecule has 2 heteroatoms. The van der Waals surface area contributed by atoms with Crippen LogP contribution in [0, 0.1) is 0 Å². The molecule has 1 heterocycles. The monoisotopic (exact) mass is 352 g/mol. The predicted octanol–water partition coefficient (Wildman–Crippen LogP) is 6.90. The van der Waals surface area contributed by atoms with Crippen LogP contribution in [0.4, 0.5) is 0 Å². The molecule has 0 aliphatic carbocycles. The van der Waals surface area contributed by atoms with Gasteiger partial charge >= 0.3 is 0 Å². The van der Waals surface area contributed by atoms with Crippen molar-refractivity contribution >= 4 is 0 Å². The Morgan fingerprint density at radius 3 is 1.92 bits per heavy atom. The van der Waals surface area contributed by atoms with E-state index in [1.165, 1.54) is 74.5 Å². The maximum atomic E-state index is 8.77. The molecular weight excluding hydrogens is 320 g/mol. The van der Waals surface area contributed by atoms with Gasteiger partial charge in [0.2, 0.25) is 0 Å². The fourth-order valence-corrected chi connectivity index (χ4v) is 3.75. The van der Waals surface area contributed by atoms with Crippen LogP contribution in [0.1, 0.15) is 69.8 Å². The van der Waals surface area contributed by atoms with Crippen LogP contribution in [-0.4, -0.2) is 11.7 Å². The Hall–Kier alpha value is -1.80. The average Bonchev–Trinajstić information content (AvgIpc) is 3.47. The van der Waals surface area contributed by atoms with E-state index in [1.54, 1.807) is 0 Å². The Bertz CT molecular complexity index is 663. The van der Waals surface area contributed by atoms with Gasteiger partial charge in [0.05, 0.1) is 0 Å². The summed E-state index contributed by atoms with van der Waals surface area (Å²) in [6.45, 7) is 0.349. The Morgan fingerprint density at radius 1 is 0.654 bits per heavy atom. The van der Waals surface area contributed by atoms with Crippen molar-refractivity contribution < 1.29 is 9.84 Å². The first-order chi connectivity index (χ1) is 12.9. The van der Waals surface area contributed by atoms with Crippen LogP contribution < -0.4 is 4.74 Å². The smallest absolute Gasteiger partial charge is 0.173 e. The fourth-order valence-electron chi connectivity index (χ4n) is 3.75. The lowest BCUT2D eigenvalue weighted by Crippen LogP contribution is -1.89. The van der Waals surface area contributed by atoms with Crippen molar-refractivity contribution in [3.63, 3.8) is 0 Å². The third-order valence-corrected chi connectivity index (χ3v) is 5.31. The van der Waals surface area contributed by atoms with E-state index in [2.05, 4.69) is 42.5 Å². The minimum atomic E-state index is 0.349. The molecule has 0 fully saturated rings. The van der Waals surface area contributed by atoms with Gasteiger partial charge in [-0.3, -0.25) is 0 Å². The number of aliphatic hydroxyl groups excluding tert-OH is 1. The first-order valence-corrected chi connectivity index (χ1v) is 10.4. The molecule has 1 aliphatic rings. The molecule has 0 saturated carbocycles. The van der Waals surface area contributed by atoms with Crippen molar-refractivity contribution in [3.8, 4) is 22.6 Å². The van der Waals surface area contributed by atoms with Crippen LogP contribution >= 0.6 is 0 Å². The van der Waals surface area contributed by atoms with Crippen molar-refractivity contribution in [2.45, 2.75) is 70.6 Å². The molecular formula is C24H32O2. The molecule has 0 amide bonds. The van der Waals surface area contributed by atoms with E-state index >= 15 is 0 Å². The first kappa shape index (κ1) is 19.0. The summed E-state index contributed by atoms with van der Waals surface area (Å²) < 4.78 is 5.67. The third kappa shape index (κ3) is 5.60. The molecule has 3 rings (SSSR count). The van der Waals surface area contributed by atoms with Gasteiger partial charge in [-0.15, -0.1) is 0 Å². The lowest BCUT2D eigenvalue weighted by molar-refractivity contribution is 0.282. The Labute approximate surface area is 158 Å². The zero-order chi connectivity index (χ0) is 18.0. The molecule has 2 nitrogen and oxygen atoms in total. The summed E-state index contributed by atoms with van der Waals surface area (Å²) >= 11 is 0. The molecule has 2 aromatic rings. The maximum absolute atomic E-state index is 8.77. The molecule has 140 valence electrons. The second kappa shape index (κ2) is 10.4. The Balaban J connectivity index is 1.35. The van der Waals surface area contributed by atoms with Crippen molar-refractivity contribution in [1.29, 1.82) is 0 Å². The van der Waals surface area contributed by atoms with E-state index in [1.807, 2.05) is 0 Å². The minimum absolute atomic E-state index is 0.349. The van der Waals surface area contributed by atoms with Crippen LogP contribution in [0.15, 0.2) is 42.5 Å². The van der Waals surface area contributed by atoms with Crippen LogP contribution in [0.2, 0.25) is 0 Å². The number of hydrogen-bond donors (Lipinski definition) is 1. The summed E-state index contributed by atoms with van der Waals surface area (Å²) in [7, 11) is 0. The molecule has 0 unspecified atom stereocenters. The standard InChI is InChI=1S/C24H32O2/c25-19-13-8-6-4-2-1-3-5-7-12-16-22-21(17-18-23-24(22)26-23)20-14-10-9-11-15-20/h9-11,14-15,17-18,25H,1-8,12-13,16,19H2. The number of hydrogen-bond acceptors (Lipinski definition) is 2. The molecule has 1 N–H and O–H groups in total. The topological polar surface area (TPSA) is 32.8 Å². The number of ether oxygens (including phenoxy) is 1. The highest BCUT2D eigenvalue weighted by atomic mass is 16.6. The molecule has 26 heavy (non-hydrogen) atoms. The predicted molar refractivity (Wildman–Crippen MR) is 109 cm³/mol. The maximum Gasteiger partial charge on any atom is 0.173 e. The summed E-state index contributed by atoms with van der Waals surface area (Å²) in [5.74, 6) is 2.20. The fraction of sp³-hybridized carbons (Fsp3) is 0.500. The van der Waals surface area contributed by atoms with Crippen LogP contribution in [0.3, 0.4) is 0 Å². The molecule has 0 spiro atoms. The van der Waals surface area contributed by atoms with Gasteiger partial charge < -0.3 is 9.84 Å². The molecule has 0 aromatic heterocycles. The Morgan fingerprint density at radius 2 is 1.27 bits per heavy atom. The number of unbranched alkanes of at least 4 members (excludes halogenated alkanes) is 9. The number of aliphatic hydroxyl groups is 1. The highest BCUT2D eigenvalue weighted by Gasteiger charge is 2.26. The molecule has 1 aliphatic heterocycles. The van der Waals surface area contributed by atoms with Crippen molar-refractivity contribution in [2.75, 3.05) is 6.61 Å². The molecule has 2 aromatic carbocycles. The minimum Gasteiger partial charge on any atom is -0.449 e. The normalized spacial score (nSPS) is 11.9. The van der Waals surface area contributed by atoms with Gasteiger partial charge in [0.1, 0.15) is 0 Å². The summed E-state index contributed by atoms with van der Waals surface area (Å²) in [5, 5.41) is 8.77. The molecule has 0 radical (unpaired) electrons. The van der Waals surface area contributed by atoms with Crippen LogP contribution in [0.5, 0.6) is 11.5 Å². The lowest BCUT2D eigenvalue weighted by atomic mass is 9.95. The van der Waals surface area contributed by atoms with E-state index in [9.17, 15) is 0 Å². The average molecular weight is 353 g/mol. The van der Waals surface area contributed by atoms with Gasteiger partial charge in [0.15, 0.2) is 11.5 Å². The van der Waals surface area contributed by atoms with E-state index in [-0.39, 0.29) is 0 Å². The van der Waals surface area contributed by atoms with E-state index in [4.69, 9.17) is 9.84 Å².